The number of benzene rings is 2. The Morgan fingerprint density at radius 3 is 2.30 bits per heavy atom. The first-order chi connectivity index (χ1) is 12.8. The Balaban J connectivity index is 2.06. The van der Waals surface area contributed by atoms with E-state index in [9.17, 15) is 13.2 Å². The highest BCUT2D eigenvalue weighted by Crippen LogP contribution is 2.16. The quantitative estimate of drug-likeness (QED) is 0.513. The maximum absolute atomic E-state index is 12.3. The summed E-state index contributed by atoms with van der Waals surface area (Å²) in [5.41, 5.74) is 2.64. The normalized spacial score (nSPS) is 11.5. The molecule has 0 bridgehead atoms. The van der Waals surface area contributed by atoms with E-state index in [0.717, 1.165) is 17.8 Å². The maximum Gasteiger partial charge on any atom is 0.302 e. The lowest BCUT2D eigenvalue weighted by Crippen LogP contribution is -2.27. The lowest BCUT2D eigenvalue weighted by Gasteiger charge is -2.22. The molecule has 0 fully saturated rings. The van der Waals surface area contributed by atoms with Crippen LogP contribution in [0.2, 0.25) is 0 Å². The first kappa shape index (κ1) is 20.6. The number of carbonyl (C=O) groups excluding carboxylic acids is 1. The average Bonchev–Trinajstić information content (AvgIpc) is 2.64. The van der Waals surface area contributed by atoms with E-state index >= 15 is 0 Å². The minimum Gasteiger partial charge on any atom is -0.464 e. The highest BCUT2D eigenvalue weighted by Gasteiger charge is 2.11. The highest BCUT2D eigenvalue weighted by molar-refractivity contribution is 7.90. The molecule has 0 atom stereocenters. The number of anilines is 1. The predicted molar refractivity (Wildman–Crippen MR) is 107 cm³/mol. The number of carbonyl (C=O) groups is 1. The van der Waals surface area contributed by atoms with Crippen LogP contribution in [0.15, 0.2) is 57.8 Å². The summed E-state index contributed by atoms with van der Waals surface area (Å²) in [6.45, 7) is 6.96. The van der Waals surface area contributed by atoms with Crippen LogP contribution >= 0.6 is 0 Å². The molecule has 144 valence electrons. The topological polar surface area (TPSA) is 76.0 Å². The number of sulfonamides is 1. The van der Waals surface area contributed by atoms with Gasteiger partial charge >= 0.3 is 5.97 Å². The van der Waals surface area contributed by atoms with Crippen LogP contribution in [-0.4, -0.2) is 40.3 Å². The molecular formula is C20H24N2O4S. The van der Waals surface area contributed by atoms with E-state index in [-0.39, 0.29) is 10.9 Å². The minimum atomic E-state index is -3.72. The van der Waals surface area contributed by atoms with Crippen LogP contribution in [0.4, 0.5) is 5.69 Å². The minimum absolute atomic E-state index is 0.170. The fraction of sp³-hybridized carbons (Fsp3) is 0.300. The van der Waals surface area contributed by atoms with Gasteiger partial charge in [0.15, 0.2) is 0 Å². The summed E-state index contributed by atoms with van der Waals surface area (Å²) >= 11 is 0. The van der Waals surface area contributed by atoms with Crippen LogP contribution in [0.5, 0.6) is 0 Å². The van der Waals surface area contributed by atoms with E-state index in [2.05, 4.69) is 9.30 Å². The maximum atomic E-state index is 12.3. The Bertz CT molecular complexity index is 889. The molecule has 0 N–H and O–H groups in total. The number of aryl methyl sites for hydroxylation is 1. The summed E-state index contributed by atoms with van der Waals surface area (Å²) < 4.78 is 33.3. The molecule has 7 heteroatoms. The number of ether oxygens (including phenoxy) is 1. The number of likely N-dealkylation sites (N-methyl/N-ethyl adjacent to an activating group) is 1. The van der Waals surface area contributed by atoms with Gasteiger partial charge in [-0.05, 0) is 43.7 Å². The third-order valence-corrected chi connectivity index (χ3v) is 5.22. The van der Waals surface area contributed by atoms with Crippen LogP contribution < -0.4 is 4.90 Å². The molecule has 0 unspecified atom stereocenters. The second-order valence-electron chi connectivity index (χ2n) is 6.03. The summed E-state index contributed by atoms with van der Waals surface area (Å²) in [6, 6.07) is 14.0. The highest BCUT2D eigenvalue weighted by atomic mass is 32.2. The summed E-state index contributed by atoms with van der Waals surface area (Å²) in [5.74, 6) is -0.299. The van der Waals surface area contributed by atoms with Gasteiger partial charge in [-0.25, -0.2) is 0 Å². The first-order valence-corrected chi connectivity index (χ1v) is 10.1. The number of rotatable bonds is 8. The van der Waals surface area contributed by atoms with E-state index in [0.29, 0.717) is 18.7 Å². The van der Waals surface area contributed by atoms with Crippen molar-refractivity contribution < 1.29 is 17.9 Å². The van der Waals surface area contributed by atoms with Crippen molar-refractivity contribution >= 4 is 27.9 Å². The molecule has 0 radical (unpaired) electrons. The third-order valence-electron chi connectivity index (χ3n) is 3.97. The van der Waals surface area contributed by atoms with Gasteiger partial charge < -0.3 is 9.64 Å². The molecule has 0 aliphatic rings. The Labute approximate surface area is 160 Å². The Morgan fingerprint density at radius 1 is 1.11 bits per heavy atom. The largest absolute Gasteiger partial charge is 0.464 e. The van der Waals surface area contributed by atoms with Crippen molar-refractivity contribution in [3.63, 3.8) is 0 Å². The van der Waals surface area contributed by atoms with Crippen molar-refractivity contribution in [3.8, 4) is 0 Å². The summed E-state index contributed by atoms with van der Waals surface area (Å²) in [7, 11) is -3.72. The van der Waals surface area contributed by atoms with Crippen LogP contribution in [-0.2, 0) is 19.6 Å². The van der Waals surface area contributed by atoms with Crippen LogP contribution in [0.1, 0.15) is 25.0 Å². The van der Waals surface area contributed by atoms with Crippen molar-refractivity contribution in [2.24, 2.45) is 4.40 Å². The number of esters is 1. The van der Waals surface area contributed by atoms with Gasteiger partial charge in [0, 0.05) is 25.4 Å². The molecule has 0 aromatic heterocycles. The molecule has 2 rings (SSSR count). The van der Waals surface area contributed by atoms with Gasteiger partial charge in [0.05, 0.1) is 11.4 Å². The first-order valence-electron chi connectivity index (χ1n) is 8.67. The molecule has 0 amide bonds. The molecule has 2 aromatic rings. The fourth-order valence-corrected chi connectivity index (χ4v) is 3.30. The van der Waals surface area contributed by atoms with E-state index in [1.165, 1.54) is 13.1 Å². The van der Waals surface area contributed by atoms with Crippen LogP contribution in [0.25, 0.3) is 0 Å². The zero-order valence-electron chi connectivity index (χ0n) is 15.8. The zero-order chi connectivity index (χ0) is 19.9. The standard InChI is InChI=1S/C20H24N2O4S/c1-4-22(13-14-26-17(3)23)19-9-7-18(8-10-19)15-21-27(24,25)20-11-5-16(2)6-12-20/h5-12,15H,4,13-14H2,1-3H3. The average molecular weight is 388 g/mol. The Morgan fingerprint density at radius 2 is 1.74 bits per heavy atom. The predicted octanol–water partition coefficient (Wildman–Crippen LogP) is 3.19. The SMILES string of the molecule is CCN(CCOC(C)=O)c1ccc(C=NS(=O)(=O)c2ccc(C)cc2)cc1. The van der Waals surface area contributed by atoms with Gasteiger partial charge in [-0.1, -0.05) is 29.8 Å². The van der Waals surface area contributed by atoms with E-state index in [1.807, 2.05) is 26.0 Å². The van der Waals surface area contributed by atoms with Crippen molar-refractivity contribution in [3.05, 3.63) is 59.7 Å². The molecule has 0 saturated heterocycles. The number of nitrogens with zero attached hydrogens (tertiary/aromatic N) is 2. The summed E-state index contributed by atoms with van der Waals surface area (Å²) in [5, 5.41) is 0. The molecule has 27 heavy (non-hydrogen) atoms. The monoisotopic (exact) mass is 388 g/mol. The number of hydrogen-bond donors (Lipinski definition) is 0. The van der Waals surface area contributed by atoms with E-state index in [4.69, 9.17) is 4.74 Å². The Hall–Kier alpha value is -2.67. The van der Waals surface area contributed by atoms with E-state index in [1.54, 1.807) is 36.4 Å². The fourth-order valence-electron chi connectivity index (χ4n) is 2.44. The Kier molecular flexibility index (Phi) is 7.12. The second-order valence-corrected chi connectivity index (χ2v) is 7.67. The van der Waals surface area contributed by atoms with Crippen LogP contribution in [0.3, 0.4) is 0 Å². The molecule has 0 saturated carbocycles. The molecule has 0 spiro atoms. The van der Waals surface area contributed by atoms with Gasteiger partial charge in [0.25, 0.3) is 10.0 Å². The summed E-state index contributed by atoms with van der Waals surface area (Å²) in [4.78, 5) is 13.1. The molecular weight excluding hydrogens is 364 g/mol. The number of hydrogen-bond acceptors (Lipinski definition) is 5. The second kappa shape index (κ2) is 9.32. The molecule has 6 nitrogen and oxygen atoms in total. The van der Waals surface area contributed by atoms with Gasteiger partial charge in [-0.15, -0.1) is 0 Å². The molecule has 0 aliphatic carbocycles. The van der Waals surface area contributed by atoms with E-state index < -0.39 is 10.0 Å². The lowest BCUT2D eigenvalue weighted by atomic mass is 10.2. The van der Waals surface area contributed by atoms with Crippen molar-refractivity contribution in [2.45, 2.75) is 25.7 Å². The van der Waals surface area contributed by atoms with Gasteiger partial charge in [-0.2, -0.15) is 12.8 Å². The smallest absolute Gasteiger partial charge is 0.302 e. The molecule has 0 aliphatic heterocycles. The van der Waals surface area contributed by atoms with Gasteiger partial charge in [-0.3, -0.25) is 4.79 Å². The van der Waals surface area contributed by atoms with Crippen LogP contribution in [0, 0.1) is 6.92 Å². The van der Waals surface area contributed by atoms with Gasteiger partial charge in [0.2, 0.25) is 0 Å². The lowest BCUT2D eigenvalue weighted by molar-refractivity contribution is -0.140. The van der Waals surface area contributed by atoms with Crippen molar-refractivity contribution in [2.75, 3.05) is 24.6 Å². The molecule has 2 aromatic carbocycles. The van der Waals surface area contributed by atoms with Crippen molar-refractivity contribution in [1.29, 1.82) is 0 Å². The van der Waals surface area contributed by atoms with Gasteiger partial charge in [0.1, 0.15) is 6.61 Å². The third kappa shape index (κ3) is 6.21. The van der Waals surface area contributed by atoms with Crippen molar-refractivity contribution in [1.82, 2.24) is 0 Å². The zero-order valence-corrected chi connectivity index (χ0v) is 16.6. The molecule has 0 heterocycles. The summed E-state index contributed by atoms with van der Waals surface area (Å²) in [6.07, 6.45) is 1.34.